The van der Waals surface area contributed by atoms with Crippen LogP contribution in [-0.2, 0) is 0 Å². The molecule has 0 unspecified atom stereocenters. The Bertz CT molecular complexity index is 1170. The number of H-pyrrole nitrogens is 2. The fraction of sp³-hybridized carbons (Fsp3) is 0.222. The summed E-state index contributed by atoms with van der Waals surface area (Å²) >= 11 is 0. The number of carbonyl (C=O) groups excluding carboxylic acids is 1. The number of amides is 1. The van der Waals surface area contributed by atoms with Gasteiger partial charge in [0.05, 0.1) is 22.9 Å². The lowest BCUT2D eigenvalue weighted by Gasteiger charge is -2.10. The van der Waals surface area contributed by atoms with Crippen LogP contribution in [-0.4, -0.2) is 36.7 Å². The maximum atomic E-state index is 12.5. The minimum Gasteiger partial charge on any atom is -0.344 e. The average molecular weight is 347 g/mol. The van der Waals surface area contributed by atoms with Crippen LogP contribution in [0.3, 0.4) is 0 Å². The van der Waals surface area contributed by atoms with E-state index in [-0.39, 0.29) is 5.91 Å². The molecule has 1 aliphatic carbocycles. The van der Waals surface area contributed by atoms with Crippen molar-refractivity contribution in [3.63, 3.8) is 0 Å². The SMILES string of the molecule is Cc1ccc2c(-c3cnc4[nH]cc(C(=O)NC5(N)CC5)c4n3)n[nH]c2c1. The second-order valence-electron chi connectivity index (χ2n) is 6.89. The van der Waals surface area contributed by atoms with Gasteiger partial charge in [0, 0.05) is 11.6 Å². The van der Waals surface area contributed by atoms with E-state index in [4.69, 9.17) is 5.73 Å². The van der Waals surface area contributed by atoms with Crippen molar-refractivity contribution >= 4 is 28.0 Å². The summed E-state index contributed by atoms with van der Waals surface area (Å²) in [6, 6.07) is 6.06. The Balaban J connectivity index is 1.60. The number of nitrogens with two attached hydrogens (primary N) is 1. The highest BCUT2D eigenvalue weighted by molar-refractivity contribution is 6.05. The highest BCUT2D eigenvalue weighted by Crippen LogP contribution is 2.30. The summed E-state index contributed by atoms with van der Waals surface area (Å²) in [7, 11) is 0. The number of rotatable bonds is 3. The molecule has 3 heterocycles. The van der Waals surface area contributed by atoms with Crippen LogP contribution in [0.4, 0.5) is 0 Å². The molecule has 0 bridgehead atoms. The summed E-state index contributed by atoms with van der Waals surface area (Å²) in [5, 5.41) is 11.2. The van der Waals surface area contributed by atoms with Gasteiger partial charge in [-0.3, -0.25) is 9.89 Å². The van der Waals surface area contributed by atoms with Crippen LogP contribution < -0.4 is 11.1 Å². The van der Waals surface area contributed by atoms with Crippen LogP contribution in [0.15, 0.2) is 30.6 Å². The average Bonchev–Trinajstić information content (AvgIpc) is 3.05. The van der Waals surface area contributed by atoms with Crippen molar-refractivity contribution < 1.29 is 4.79 Å². The predicted octanol–water partition coefficient (Wildman–Crippen LogP) is 1.99. The normalized spacial score (nSPS) is 15.5. The van der Waals surface area contributed by atoms with Crippen molar-refractivity contribution in [2.75, 3.05) is 0 Å². The second kappa shape index (κ2) is 5.12. The first-order chi connectivity index (χ1) is 12.5. The third kappa shape index (κ3) is 2.34. The van der Waals surface area contributed by atoms with E-state index in [0.717, 1.165) is 29.3 Å². The number of nitrogens with one attached hydrogen (secondary N) is 3. The quantitative estimate of drug-likeness (QED) is 0.422. The van der Waals surface area contributed by atoms with Gasteiger partial charge in [0.15, 0.2) is 5.65 Å². The van der Waals surface area contributed by atoms with Crippen molar-refractivity contribution in [1.29, 1.82) is 0 Å². The Morgan fingerprint density at radius 2 is 2.19 bits per heavy atom. The van der Waals surface area contributed by atoms with Gasteiger partial charge in [-0.15, -0.1) is 0 Å². The number of aromatic amines is 2. The van der Waals surface area contributed by atoms with Gasteiger partial charge in [-0.05, 0) is 31.4 Å². The van der Waals surface area contributed by atoms with Gasteiger partial charge in [-0.25, -0.2) is 9.97 Å². The summed E-state index contributed by atoms with van der Waals surface area (Å²) in [4.78, 5) is 24.5. The Hall–Kier alpha value is -3.26. The summed E-state index contributed by atoms with van der Waals surface area (Å²) < 4.78 is 0. The molecule has 0 spiro atoms. The molecule has 0 radical (unpaired) electrons. The minimum atomic E-state index is -0.581. The molecule has 0 aliphatic heterocycles. The highest BCUT2D eigenvalue weighted by Gasteiger charge is 2.40. The molecule has 0 saturated heterocycles. The lowest BCUT2D eigenvalue weighted by molar-refractivity contribution is 0.0934. The van der Waals surface area contributed by atoms with Crippen LogP contribution in [0.25, 0.3) is 33.5 Å². The maximum Gasteiger partial charge on any atom is 0.256 e. The zero-order valence-corrected chi connectivity index (χ0v) is 14.1. The van der Waals surface area contributed by atoms with Crippen LogP contribution in [0.2, 0.25) is 0 Å². The van der Waals surface area contributed by atoms with Crippen molar-refractivity contribution in [3.05, 3.63) is 41.7 Å². The molecule has 5 N–H and O–H groups in total. The number of hydrogen-bond acceptors (Lipinski definition) is 5. The Kier molecular flexibility index (Phi) is 2.96. The van der Waals surface area contributed by atoms with E-state index in [1.54, 1.807) is 12.4 Å². The van der Waals surface area contributed by atoms with Gasteiger partial charge in [0.25, 0.3) is 5.91 Å². The molecule has 1 aliphatic rings. The fourth-order valence-corrected chi connectivity index (χ4v) is 3.06. The molecule has 5 rings (SSSR count). The van der Waals surface area contributed by atoms with E-state index >= 15 is 0 Å². The zero-order valence-electron chi connectivity index (χ0n) is 14.1. The molecule has 4 aromatic rings. The number of benzene rings is 1. The molecule has 1 saturated carbocycles. The Labute approximate surface area is 148 Å². The van der Waals surface area contributed by atoms with Crippen molar-refractivity contribution in [2.45, 2.75) is 25.4 Å². The van der Waals surface area contributed by atoms with Crippen LogP contribution in [0.5, 0.6) is 0 Å². The largest absolute Gasteiger partial charge is 0.344 e. The molecule has 26 heavy (non-hydrogen) atoms. The standard InChI is InChI=1S/C18H17N7O/c1-9-2-3-10-12(6-9)24-25-14(10)13-8-21-16-15(22-13)11(7-20-16)17(26)23-18(19)4-5-18/h2-3,6-8H,4-5,19H2,1H3,(H,20,21)(H,23,26)(H,24,25). The molecule has 1 aromatic carbocycles. The molecule has 1 amide bonds. The molecule has 3 aromatic heterocycles. The molecule has 8 heteroatoms. The van der Waals surface area contributed by atoms with Crippen LogP contribution in [0.1, 0.15) is 28.8 Å². The zero-order chi connectivity index (χ0) is 17.9. The van der Waals surface area contributed by atoms with E-state index in [1.165, 1.54) is 0 Å². The van der Waals surface area contributed by atoms with E-state index in [0.29, 0.717) is 28.1 Å². The van der Waals surface area contributed by atoms with E-state index in [9.17, 15) is 4.79 Å². The maximum absolute atomic E-state index is 12.5. The second-order valence-corrected chi connectivity index (χ2v) is 6.89. The van der Waals surface area contributed by atoms with Crippen molar-refractivity contribution in [2.24, 2.45) is 5.73 Å². The molecular weight excluding hydrogens is 330 g/mol. The summed E-state index contributed by atoms with van der Waals surface area (Å²) in [6.45, 7) is 2.03. The monoisotopic (exact) mass is 347 g/mol. The van der Waals surface area contributed by atoms with Gasteiger partial charge >= 0.3 is 0 Å². The Morgan fingerprint density at radius 1 is 1.35 bits per heavy atom. The third-order valence-corrected chi connectivity index (χ3v) is 4.74. The van der Waals surface area contributed by atoms with Gasteiger partial charge < -0.3 is 16.0 Å². The minimum absolute atomic E-state index is 0.245. The summed E-state index contributed by atoms with van der Waals surface area (Å²) in [6.07, 6.45) is 4.84. The summed E-state index contributed by atoms with van der Waals surface area (Å²) in [5.74, 6) is -0.245. The van der Waals surface area contributed by atoms with Crippen molar-refractivity contribution in [3.8, 4) is 11.4 Å². The topological polar surface area (TPSA) is 125 Å². The van der Waals surface area contributed by atoms with Gasteiger partial charge in [-0.2, -0.15) is 5.10 Å². The van der Waals surface area contributed by atoms with Crippen LogP contribution >= 0.6 is 0 Å². The predicted molar refractivity (Wildman–Crippen MR) is 97.3 cm³/mol. The van der Waals surface area contributed by atoms with Crippen LogP contribution in [0, 0.1) is 6.92 Å². The number of nitrogens with zero attached hydrogens (tertiary/aromatic N) is 3. The molecule has 8 nitrogen and oxygen atoms in total. The van der Waals surface area contributed by atoms with Gasteiger partial charge in [0.2, 0.25) is 0 Å². The molecule has 1 fully saturated rings. The smallest absolute Gasteiger partial charge is 0.256 e. The lowest BCUT2D eigenvalue weighted by Crippen LogP contribution is -2.43. The van der Waals surface area contributed by atoms with Crippen molar-refractivity contribution in [1.82, 2.24) is 30.5 Å². The molecular formula is C18H17N7O. The first kappa shape index (κ1) is 15.0. The number of fused-ring (bicyclic) bond motifs is 2. The number of aryl methyl sites for hydroxylation is 1. The first-order valence-corrected chi connectivity index (χ1v) is 8.43. The highest BCUT2D eigenvalue weighted by atomic mass is 16.2. The lowest BCUT2D eigenvalue weighted by atomic mass is 10.1. The van der Waals surface area contributed by atoms with E-state index in [2.05, 4.69) is 30.5 Å². The summed E-state index contributed by atoms with van der Waals surface area (Å²) in [5.41, 5.74) is 10.3. The number of aromatic nitrogens is 5. The van der Waals surface area contributed by atoms with E-state index < -0.39 is 5.66 Å². The Morgan fingerprint density at radius 3 is 3.00 bits per heavy atom. The number of hydrogen-bond donors (Lipinski definition) is 4. The number of carbonyl (C=O) groups is 1. The molecule has 130 valence electrons. The first-order valence-electron chi connectivity index (χ1n) is 8.43. The fourth-order valence-electron chi connectivity index (χ4n) is 3.06. The van der Waals surface area contributed by atoms with Gasteiger partial charge in [-0.1, -0.05) is 12.1 Å². The molecule has 0 atom stereocenters. The van der Waals surface area contributed by atoms with Gasteiger partial charge in [0.1, 0.15) is 16.9 Å². The third-order valence-electron chi connectivity index (χ3n) is 4.74. The van der Waals surface area contributed by atoms with E-state index in [1.807, 2.05) is 25.1 Å².